The number of hydrogen-bond acceptors (Lipinski definition) is 5. The molecule has 162 valence electrons. The van der Waals surface area contributed by atoms with Crippen LogP contribution in [0.1, 0.15) is 36.4 Å². The molecule has 1 unspecified atom stereocenters. The van der Waals surface area contributed by atoms with E-state index in [1.54, 1.807) is 12.1 Å². The van der Waals surface area contributed by atoms with Gasteiger partial charge < -0.3 is 24.8 Å². The van der Waals surface area contributed by atoms with E-state index < -0.39 is 6.09 Å². The Kier molecular flexibility index (Phi) is 5.44. The van der Waals surface area contributed by atoms with Crippen LogP contribution in [0.3, 0.4) is 0 Å². The Morgan fingerprint density at radius 3 is 2.67 bits per heavy atom. The number of hydrogen-bond donors (Lipinski definition) is 1. The van der Waals surface area contributed by atoms with Gasteiger partial charge in [-0.25, -0.2) is 9.18 Å². The lowest BCUT2D eigenvalue weighted by Gasteiger charge is -2.25. The number of anilines is 1. The van der Waals surface area contributed by atoms with Gasteiger partial charge in [-0.1, -0.05) is 0 Å². The summed E-state index contributed by atoms with van der Waals surface area (Å²) in [6.45, 7) is 3.97. The summed E-state index contributed by atoms with van der Waals surface area (Å²) >= 11 is 0. The minimum atomic E-state index is -0.789. The average Bonchev–Trinajstić information content (AvgIpc) is 3.38. The SMILES string of the molecule is Cc1c(N2CCC(COC(N)=O)C2)c(F)cc2c(CN(C)C)cc(=O)n(C3CC3)c12. The summed E-state index contributed by atoms with van der Waals surface area (Å²) in [6, 6.07) is 3.44. The predicted molar refractivity (Wildman–Crippen MR) is 114 cm³/mol. The molecular weight excluding hydrogens is 387 g/mol. The van der Waals surface area contributed by atoms with E-state index >= 15 is 4.39 Å². The highest BCUT2D eigenvalue weighted by molar-refractivity contribution is 5.90. The molecule has 2 aromatic rings. The summed E-state index contributed by atoms with van der Waals surface area (Å²) in [5.41, 5.74) is 8.08. The van der Waals surface area contributed by atoms with Crippen LogP contribution in [0.15, 0.2) is 16.9 Å². The van der Waals surface area contributed by atoms with Crippen LogP contribution in [0.4, 0.5) is 14.9 Å². The number of aryl methyl sites for hydroxylation is 1. The first kappa shape index (κ1) is 20.7. The molecule has 1 atom stereocenters. The van der Waals surface area contributed by atoms with Crippen molar-refractivity contribution in [1.29, 1.82) is 0 Å². The maximum atomic E-state index is 15.4. The first-order chi connectivity index (χ1) is 14.3. The highest BCUT2D eigenvalue weighted by Crippen LogP contribution is 2.40. The zero-order valence-electron chi connectivity index (χ0n) is 17.8. The first-order valence-electron chi connectivity index (χ1n) is 10.5. The Morgan fingerprint density at radius 2 is 2.03 bits per heavy atom. The number of amides is 1. The van der Waals surface area contributed by atoms with E-state index in [9.17, 15) is 9.59 Å². The van der Waals surface area contributed by atoms with E-state index in [0.29, 0.717) is 25.3 Å². The number of rotatable bonds is 6. The molecule has 30 heavy (non-hydrogen) atoms. The van der Waals surface area contributed by atoms with E-state index in [-0.39, 0.29) is 29.9 Å². The zero-order chi connectivity index (χ0) is 21.6. The molecule has 0 spiro atoms. The van der Waals surface area contributed by atoms with Crippen LogP contribution in [0.25, 0.3) is 10.9 Å². The lowest BCUT2D eigenvalue weighted by molar-refractivity contribution is 0.140. The molecule has 8 heteroatoms. The Morgan fingerprint density at radius 1 is 1.30 bits per heavy atom. The van der Waals surface area contributed by atoms with Crippen molar-refractivity contribution in [2.75, 3.05) is 38.7 Å². The number of nitrogens with two attached hydrogens (primary N) is 1. The molecule has 2 N–H and O–H groups in total. The van der Waals surface area contributed by atoms with Crippen LogP contribution in [-0.4, -0.2) is 49.4 Å². The molecule has 0 bridgehead atoms. The van der Waals surface area contributed by atoms with Gasteiger partial charge in [-0.15, -0.1) is 0 Å². The third-order valence-corrected chi connectivity index (χ3v) is 6.05. The summed E-state index contributed by atoms with van der Waals surface area (Å²) in [4.78, 5) is 27.9. The summed E-state index contributed by atoms with van der Waals surface area (Å²) in [6.07, 6.45) is 1.96. The number of benzene rings is 1. The monoisotopic (exact) mass is 416 g/mol. The topological polar surface area (TPSA) is 80.8 Å². The van der Waals surface area contributed by atoms with Crippen LogP contribution >= 0.6 is 0 Å². The van der Waals surface area contributed by atoms with Gasteiger partial charge in [0.25, 0.3) is 5.56 Å². The second-order valence-corrected chi connectivity index (χ2v) is 8.81. The number of carbonyl (C=O) groups is 1. The summed E-state index contributed by atoms with van der Waals surface area (Å²) in [5.74, 6) is -0.171. The number of pyridine rings is 1. The second-order valence-electron chi connectivity index (χ2n) is 8.81. The molecule has 1 saturated carbocycles. The quantitative estimate of drug-likeness (QED) is 0.783. The van der Waals surface area contributed by atoms with Gasteiger partial charge in [0, 0.05) is 43.0 Å². The number of aromatic nitrogens is 1. The van der Waals surface area contributed by atoms with Crippen molar-refractivity contribution in [3.8, 4) is 0 Å². The van der Waals surface area contributed by atoms with Gasteiger partial charge >= 0.3 is 6.09 Å². The molecule has 1 aromatic carbocycles. The molecule has 2 aliphatic rings. The van der Waals surface area contributed by atoms with Crippen molar-refractivity contribution in [2.45, 2.75) is 38.8 Å². The van der Waals surface area contributed by atoms with E-state index in [2.05, 4.69) is 0 Å². The maximum Gasteiger partial charge on any atom is 0.404 e. The lowest BCUT2D eigenvalue weighted by atomic mass is 10.0. The molecule has 0 radical (unpaired) electrons. The van der Waals surface area contributed by atoms with Crippen LogP contribution in [0, 0.1) is 18.7 Å². The van der Waals surface area contributed by atoms with Crippen molar-refractivity contribution in [2.24, 2.45) is 11.7 Å². The van der Waals surface area contributed by atoms with Crippen molar-refractivity contribution in [1.82, 2.24) is 9.47 Å². The van der Waals surface area contributed by atoms with E-state index in [4.69, 9.17) is 10.5 Å². The summed E-state index contributed by atoms with van der Waals surface area (Å²) in [7, 11) is 3.88. The average molecular weight is 416 g/mol. The molecule has 4 rings (SSSR count). The fourth-order valence-corrected chi connectivity index (χ4v) is 4.65. The normalized spacial score (nSPS) is 19.1. The van der Waals surface area contributed by atoms with Crippen LogP contribution in [-0.2, 0) is 11.3 Å². The number of fused-ring (bicyclic) bond motifs is 1. The Hall–Kier alpha value is -2.61. The number of primary amides is 1. The first-order valence-corrected chi connectivity index (χ1v) is 10.5. The van der Waals surface area contributed by atoms with Crippen LogP contribution < -0.4 is 16.2 Å². The van der Waals surface area contributed by atoms with Crippen LogP contribution in [0.5, 0.6) is 0 Å². The molecule has 2 heterocycles. The molecule has 1 amide bonds. The fraction of sp³-hybridized carbons (Fsp3) is 0.545. The minimum absolute atomic E-state index is 0.0170. The van der Waals surface area contributed by atoms with Gasteiger partial charge in [0.2, 0.25) is 0 Å². The molecule has 1 saturated heterocycles. The van der Waals surface area contributed by atoms with Crippen molar-refractivity contribution in [3.63, 3.8) is 0 Å². The number of carbonyl (C=O) groups excluding carboxylic acids is 1. The lowest BCUT2D eigenvalue weighted by Crippen LogP contribution is -2.26. The van der Waals surface area contributed by atoms with Gasteiger partial charge in [-0.3, -0.25) is 4.79 Å². The largest absolute Gasteiger partial charge is 0.449 e. The third-order valence-electron chi connectivity index (χ3n) is 6.05. The van der Waals surface area contributed by atoms with Gasteiger partial charge in [0.1, 0.15) is 5.82 Å². The Balaban J connectivity index is 1.80. The fourth-order valence-electron chi connectivity index (χ4n) is 4.65. The Labute approximate surface area is 175 Å². The zero-order valence-corrected chi connectivity index (χ0v) is 17.8. The number of halogens is 1. The predicted octanol–water partition coefficient (Wildman–Crippen LogP) is 2.77. The van der Waals surface area contributed by atoms with E-state index in [1.807, 2.05) is 35.4 Å². The van der Waals surface area contributed by atoms with E-state index in [1.165, 1.54) is 0 Å². The van der Waals surface area contributed by atoms with Gasteiger partial charge in [-0.2, -0.15) is 0 Å². The van der Waals surface area contributed by atoms with Gasteiger partial charge in [0.15, 0.2) is 0 Å². The standard InChI is InChI=1S/C22H29FN4O3/c1-13-20-17(15(11-25(2)3)8-19(28)27(20)16-4-5-16)9-18(23)21(13)26-7-6-14(10-26)12-30-22(24)29/h8-9,14,16H,4-7,10-12H2,1-3H3,(H2,24,29). The number of ether oxygens (including phenoxy) is 1. The second kappa shape index (κ2) is 7.91. The van der Waals surface area contributed by atoms with E-state index in [0.717, 1.165) is 41.3 Å². The van der Waals surface area contributed by atoms with Crippen LogP contribution in [0.2, 0.25) is 0 Å². The summed E-state index contributed by atoms with van der Waals surface area (Å²) < 4.78 is 22.2. The van der Waals surface area contributed by atoms with Crippen molar-refractivity contribution >= 4 is 22.7 Å². The van der Waals surface area contributed by atoms with Gasteiger partial charge in [0.05, 0.1) is 17.8 Å². The molecule has 1 aromatic heterocycles. The van der Waals surface area contributed by atoms with Crippen molar-refractivity contribution in [3.05, 3.63) is 39.4 Å². The summed E-state index contributed by atoms with van der Waals surface area (Å²) in [5, 5.41) is 0.807. The maximum absolute atomic E-state index is 15.4. The molecular formula is C22H29FN4O3. The molecule has 1 aliphatic heterocycles. The number of nitrogens with zero attached hydrogens (tertiary/aromatic N) is 3. The smallest absolute Gasteiger partial charge is 0.404 e. The molecule has 2 fully saturated rings. The molecule has 1 aliphatic carbocycles. The Bertz CT molecular complexity index is 1050. The highest BCUT2D eigenvalue weighted by atomic mass is 19.1. The molecule has 7 nitrogen and oxygen atoms in total. The van der Waals surface area contributed by atoms with Gasteiger partial charge in [-0.05, 0) is 57.5 Å². The third kappa shape index (κ3) is 3.88. The highest BCUT2D eigenvalue weighted by Gasteiger charge is 2.31. The van der Waals surface area contributed by atoms with Crippen molar-refractivity contribution < 1.29 is 13.9 Å². The minimum Gasteiger partial charge on any atom is -0.449 e.